The molecule has 0 bridgehead atoms. The number of fused-ring (bicyclic) bond motifs is 3. The molecule has 4 aromatic rings. The highest BCUT2D eigenvalue weighted by Crippen LogP contribution is 2.29. The number of carbonyl (C=O) groups excluding carboxylic acids is 1. The Morgan fingerprint density at radius 2 is 1.53 bits per heavy atom. The van der Waals surface area contributed by atoms with E-state index in [1.54, 1.807) is 0 Å². The van der Waals surface area contributed by atoms with Gasteiger partial charge >= 0.3 is 0 Å². The van der Waals surface area contributed by atoms with E-state index < -0.39 is 16.1 Å². The third-order valence-corrected chi connectivity index (χ3v) is 7.53. The van der Waals surface area contributed by atoms with E-state index in [1.807, 2.05) is 53.1 Å². The summed E-state index contributed by atoms with van der Waals surface area (Å²) in [5.41, 5.74) is 2.38. The standard InChI is InChI=1S/C25H27N3O5S/c1-18(30)26-19-10-12-21(13-11-19)34(32,33)27(14-15-29)16-20(31)17-28-24-8-4-2-6-22(24)23-7-3-5-9-25(23)28/h2-13,20,29,31H,14-17H2,1H3,(H,26,30). The molecule has 178 valence electrons. The maximum atomic E-state index is 13.2. The molecule has 1 atom stereocenters. The molecule has 0 aliphatic heterocycles. The maximum Gasteiger partial charge on any atom is 0.243 e. The van der Waals surface area contributed by atoms with E-state index in [0.29, 0.717) is 5.69 Å². The Morgan fingerprint density at radius 1 is 0.971 bits per heavy atom. The van der Waals surface area contributed by atoms with Gasteiger partial charge in [0.15, 0.2) is 0 Å². The molecule has 34 heavy (non-hydrogen) atoms. The summed E-state index contributed by atoms with van der Waals surface area (Å²) in [5, 5.41) is 25.1. The number of hydrogen-bond acceptors (Lipinski definition) is 5. The Morgan fingerprint density at radius 3 is 2.06 bits per heavy atom. The summed E-state index contributed by atoms with van der Waals surface area (Å²) in [6.07, 6.45) is -1.01. The smallest absolute Gasteiger partial charge is 0.243 e. The maximum absolute atomic E-state index is 13.2. The summed E-state index contributed by atoms with van der Waals surface area (Å²) in [5.74, 6) is -0.259. The second kappa shape index (κ2) is 9.94. The third-order valence-electron chi connectivity index (χ3n) is 5.65. The molecule has 1 unspecified atom stereocenters. The molecule has 4 rings (SSSR count). The highest BCUT2D eigenvalue weighted by atomic mass is 32.2. The summed E-state index contributed by atoms with van der Waals surface area (Å²) in [6, 6.07) is 21.6. The van der Waals surface area contributed by atoms with Gasteiger partial charge < -0.3 is 20.1 Å². The molecule has 0 aliphatic carbocycles. The quantitative estimate of drug-likeness (QED) is 0.340. The first-order chi connectivity index (χ1) is 16.3. The number of nitrogens with one attached hydrogen (secondary N) is 1. The van der Waals surface area contributed by atoms with E-state index in [9.17, 15) is 23.4 Å². The Kier molecular flexibility index (Phi) is 6.99. The van der Waals surface area contributed by atoms with Gasteiger partial charge in [0.1, 0.15) is 0 Å². The molecule has 3 aromatic carbocycles. The van der Waals surface area contributed by atoms with Gasteiger partial charge in [-0.05, 0) is 36.4 Å². The first-order valence-corrected chi connectivity index (χ1v) is 12.4. The SMILES string of the molecule is CC(=O)Nc1ccc(S(=O)(=O)N(CCO)CC(O)Cn2c3ccccc3c3ccccc32)cc1. The number of nitrogens with zero attached hydrogens (tertiary/aromatic N) is 2. The number of anilines is 1. The molecule has 1 aromatic heterocycles. The zero-order valence-corrected chi connectivity index (χ0v) is 19.6. The number of rotatable bonds is 9. The van der Waals surface area contributed by atoms with Crippen molar-refractivity contribution >= 4 is 43.4 Å². The minimum atomic E-state index is -3.98. The molecule has 3 N–H and O–H groups in total. The summed E-state index contributed by atoms with van der Waals surface area (Å²) in [4.78, 5) is 11.2. The second-order valence-corrected chi connectivity index (χ2v) is 10.0. The van der Waals surface area contributed by atoms with E-state index in [-0.39, 0.29) is 37.0 Å². The van der Waals surface area contributed by atoms with E-state index in [0.717, 1.165) is 26.1 Å². The fourth-order valence-electron chi connectivity index (χ4n) is 4.19. The minimum Gasteiger partial charge on any atom is -0.395 e. The van der Waals surface area contributed by atoms with Crippen molar-refractivity contribution in [3.8, 4) is 0 Å². The highest BCUT2D eigenvalue weighted by molar-refractivity contribution is 7.89. The summed E-state index contributed by atoms with van der Waals surface area (Å²) >= 11 is 0. The normalized spacial score (nSPS) is 12.9. The monoisotopic (exact) mass is 481 g/mol. The molecule has 9 heteroatoms. The van der Waals surface area contributed by atoms with Crippen molar-refractivity contribution in [2.75, 3.05) is 25.0 Å². The van der Waals surface area contributed by atoms with Crippen LogP contribution in [0.15, 0.2) is 77.7 Å². The van der Waals surface area contributed by atoms with Crippen molar-refractivity contribution < 1.29 is 23.4 Å². The molecular weight excluding hydrogens is 454 g/mol. The topological polar surface area (TPSA) is 112 Å². The van der Waals surface area contributed by atoms with Gasteiger partial charge in [-0.3, -0.25) is 4.79 Å². The second-order valence-electron chi connectivity index (χ2n) is 8.09. The van der Waals surface area contributed by atoms with Crippen molar-refractivity contribution in [1.29, 1.82) is 0 Å². The largest absolute Gasteiger partial charge is 0.395 e. The van der Waals surface area contributed by atoms with Crippen molar-refractivity contribution in [2.24, 2.45) is 0 Å². The molecule has 1 amide bonds. The van der Waals surface area contributed by atoms with Crippen LogP contribution in [0.1, 0.15) is 6.92 Å². The lowest BCUT2D eigenvalue weighted by Crippen LogP contribution is -2.40. The van der Waals surface area contributed by atoms with Crippen molar-refractivity contribution in [3.63, 3.8) is 0 Å². The first-order valence-electron chi connectivity index (χ1n) is 10.9. The molecule has 1 heterocycles. The average molecular weight is 482 g/mol. The van der Waals surface area contributed by atoms with E-state index in [4.69, 9.17) is 0 Å². The number of aliphatic hydroxyl groups is 2. The summed E-state index contributed by atoms with van der Waals surface area (Å²) in [6.45, 7) is 0.835. The lowest BCUT2D eigenvalue weighted by molar-refractivity contribution is -0.114. The molecule has 0 spiro atoms. The number of carbonyl (C=O) groups is 1. The zero-order valence-electron chi connectivity index (χ0n) is 18.8. The Hall–Kier alpha value is -3.24. The van der Waals surface area contributed by atoms with Gasteiger partial charge in [-0.15, -0.1) is 0 Å². The van der Waals surface area contributed by atoms with Gasteiger partial charge in [0.25, 0.3) is 0 Å². The number of para-hydroxylation sites is 2. The van der Waals surface area contributed by atoms with Gasteiger partial charge in [0.2, 0.25) is 15.9 Å². The first kappa shape index (κ1) is 23.9. The molecule has 0 saturated carbocycles. The highest BCUT2D eigenvalue weighted by Gasteiger charge is 2.27. The summed E-state index contributed by atoms with van der Waals surface area (Å²) in [7, 11) is -3.98. The lowest BCUT2D eigenvalue weighted by Gasteiger charge is -2.25. The van der Waals surface area contributed by atoms with Crippen LogP contribution in [0.2, 0.25) is 0 Å². The number of sulfonamides is 1. The van der Waals surface area contributed by atoms with E-state index >= 15 is 0 Å². The predicted octanol–water partition coefficient (Wildman–Crippen LogP) is 2.80. The van der Waals surface area contributed by atoms with E-state index in [1.165, 1.54) is 31.2 Å². The number of aromatic nitrogens is 1. The van der Waals surface area contributed by atoms with Crippen LogP contribution in [0, 0.1) is 0 Å². The number of amides is 1. The van der Waals surface area contributed by atoms with Crippen LogP contribution in [0.4, 0.5) is 5.69 Å². The van der Waals surface area contributed by atoms with Crippen LogP contribution in [0.3, 0.4) is 0 Å². The van der Waals surface area contributed by atoms with Crippen molar-refractivity contribution in [2.45, 2.75) is 24.5 Å². The van der Waals surface area contributed by atoms with E-state index in [2.05, 4.69) is 5.32 Å². The fourth-order valence-corrected chi connectivity index (χ4v) is 5.66. The van der Waals surface area contributed by atoms with Gasteiger partial charge in [-0.1, -0.05) is 36.4 Å². The van der Waals surface area contributed by atoms with Crippen LogP contribution in [-0.2, 0) is 21.4 Å². The van der Waals surface area contributed by atoms with Crippen LogP contribution >= 0.6 is 0 Å². The molecule has 8 nitrogen and oxygen atoms in total. The third kappa shape index (κ3) is 4.83. The van der Waals surface area contributed by atoms with Gasteiger partial charge in [0.05, 0.1) is 24.2 Å². The molecule has 0 saturated heterocycles. The fraction of sp³-hybridized carbons (Fsp3) is 0.240. The minimum absolute atomic E-state index is 0.0131. The lowest BCUT2D eigenvalue weighted by atomic mass is 10.2. The van der Waals surface area contributed by atoms with Crippen molar-refractivity contribution in [3.05, 3.63) is 72.8 Å². The van der Waals surface area contributed by atoms with Crippen molar-refractivity contribution in [1.82, 2.24) is 8.87 Å². The van der Waals surface area contributed by atoms with Crippen LogP contribution in [-0.4, -0.2) is 59.2 Å². The van der Waals surface area contributed by atoms with Gasteiger partial charge in [-0.25, -0.2) is 8.42 Å². The van der Waals surface area contributed by atoms with Crippen LogP contribution < -0.4 is 5.32 Å². The Bertz CT molecular complexity index is 1360. The Balaban J connectivity index is 1.59. The van der Waals surface area contributed by atoms with Crippen LogP contribution in [0.25, 0.3) is 21.8 Å². The molecule has 0 fully saturated rings. The Labute approximate surface area is 198 Å². The van der Waals surface area contributed by atoms with Gasteiger partial charge in [-0.2, -0.15) is 4.31 Å². The van der Waals surface area contributed by atoms with Gasteiger partial charge in [0, 0.05) is 47.5 Å². The molecular formula is C25H27N3O5S. The number of aliphatic hydroxyl groups excluding tert-OH is 2. The molecule has 0 aliphatic rings. The average Bonchev–Trinajstić information content (AvgIpc) is 3.12. The van der Waals surface area contributed by atoms with Crippen LogP contribution in [0.5, 0.6) is 0 Å². The molecule has 0 radical (unpaired) electrons. The summed E-state index contributed by atoms with van der Waals surface area (Å²) < 4.78 is 29.5. The zero-order chi connectivity index (χ0) is 24.3. The number of hydrogen-bond donors (Lipinski definition) is 3. The predicted molar refractivity (Wildman–Crippen MR) is 132 cm³/mol. The number of benzene rings is 3.